The van der Waals surface area contributed by atoms with Crippen molar-refractivity contribution in [3.05, 3.63) is 47.7 Å². The van der Waals surface area contributed by atoms with E-state index in [0.717, 1.165) is 30.0 Å². The van der Waals surface area contributed by atoms with Gasteiger partial charge in [-0.25, -0.2) is 4.98 Å². The Morgan fingerprint density at radius 3 is 3.10 bits per heavy atom. The minimum Gasteiger partial charge on any atom is -0.487 e. The molecule has 0 atom stereocenters. The summed E-state index contributed by atoms with van der Waals surface area (Å²) in [6, 6.07) is 10.1. The molecule has 1 aliphatic heterocycles. The Bertz CT molecular complexity index is 599. The van der Waals surface area contributed by atoms with Crippen molar-refractivity contribution >= 4 is 5.69 Å². The number of nitrogens with zero attached hydrogens (tertiary/aromatic N) is 1. The summed E-state index contributed by atoms with van der Waals surface area (Å²) in [6.07, 6.45) is 4.00. The van der Waals surface area contributed by atoms with Crippen LogP contribution in [0.2, 0.25) is 0 Å². The van der Waals surface area contributed by atoms with Gasteiger partial charge in [0, 0.05) is 12.7 Å². The first-order valence-corrected chi connectivity index (χ1v) is 6.85. The number of ether oxygens (including phenoxy) is 2. The fourth-order valence-electron chi connectivity index (χ4n) is 2.47. The Morgan fingerprint density at radius 1 is 1.25 bits per heavy atom. The molecule has 0 aliphatic carbocycles. The second-order valence-electron chi connectivity index (χ2n) is 4.78. The average Bonchev–Trinajstić information content (AvgIpc) is 2.53. The van der Waals surface area contributed by atoms with Gasteiger partial charge >= 0.3 is 0 Å². The van der Waals surface area contributed by atoms with Gasteiger partial charge in [0.2, 0.25) is 5.88 Å². The molecule has 104 valence electrons. The predicted molar refractivity (Wildman–Crippen MR) is 78.4 cm³/mol. The molecule has 2 aromatic rings. The van der Waals surface area contributed by atoms with Crippen molar-refractivity contribution in [2.45, 2.75) is 19.4 Å². The van der Waals surface area contributed by atoms with Gasteiger partial charge in [-0.2, -0.15) is 0 Å². The summed E-state index contributed by atoms with van der Waals surface area (Å²) < 4.78 is 11.2. The molecule has 0 saturated heterocycles. The third-order valence-electron chi connectivity index (χ3n) is 3.46. The number of rotatable bonds is 4. The highest BCUT2D eigenvalue weighted by Gasteiger charge is 2.13. The SMILES string of the molecule is COc1ncccc1COc1cccc2c1NCCC2. The number of para-hydroxylation sites is 1. The molecule has 0 fully saturated rings. The summed E-state index contributed by atoms with van der Waals surface area (Å²) in [4.78, 5) is 4.18. The van der Waals surface area contributed by atoms with E-state index in [1.54, 1.807) is 13.3 Å². The van der Waals surface area contributed by atoms with Crippen LogP contribution in [-0.4, -0.2) is 18.6 Å². The lowest BCUT2D eigenvalue weighted by atomic mass is 10.0. The largest absolute Gasteiger partial charge is 0.487 e. The van der Waals surface area contributed by atoms with Crippen molar-refractivity contribution in [2.24, 2.45) is 0 Å². The van der Waals surface area contributed by atoms with Gasteiger partial charge in [-0.1, -0.05) is 12.1 Å². The van der Waals surface area contributed by atoms with E-state index < -0.39 is 0 Å². The Morgan fingerprint density at radius 2 is 2.20 bits per heavy atom. The number of hydrogen-bond donors (Lipinski definition) is 1. The van der Waals surface area contributed by atoms with Crippen molar-refractivity contribution in [1.82, 2.24) is 4.98 Å². The van der Waals surface area contributed by atoms with Crippen LogP contribution in [-0.2, 0) is 13.0 Å². The molecule has 0 radical (unpaired) electrons. The zero-order chi connectivity index (χ0) is 13.8. The molecule has 1 aliphatic rings. The summed E-state index contributed by atoms with van der Waals surface area (Å²) in [6.45, 7) is 1.46. The number of benzene rings is 1. The number of anilines is 1. The van der Waals surface area contributed by atoms with E-state index in [9.17, 15) is 0 Å². The molecular weight excluding hydrogens is 252 g/mol. The summed E-state index contributed by atoms with van der Waals surface area (Å²) >= 11 is 0. The van der Waals surface area contributed by atoms with Crippen LogP contribution < -0.4 is 14.8 Å². The number of hydrogen-bond acceptors (Lipinski definition) is 4. The quantitative estimate of drug-likeness (QED) is 0.927. The smallest absolute Gasteiger partial charge is 0.219 e. The molecule has 0 saturated carbocycles. The van der Waals surface area contributed by atoms with Crippen LogP contribution in [0, 0.1) is 0 Å². The highest BCUT2D eigenvalue weighted by atomic mass is 16.5. The van der Waals surface area contributed by atoms with Crippen LogP contribution in [0.1, 0.15) is 17.5 Å². The lowest BCUT2D eigenvalue weighted by Gasteiger charge is -2.21. The van der Waals surface area contributed by atoms with Crippen molar-refractivity contribution in [1.29, 1.82) is 0 Å². The van der Waals surface area contributed by atoms with Crippen LogP contribution in [0.4, 0.5) is 5.69 Å². The van der Waals surface area contributed by atoms with E-state index in [0.29, 0.717) is 12.5 Å². The van der Waals surface area contributed by atoms with Crippen molar-refractivity contribution in [3.8, 4) is 11.6 Å². The Balaban J connectivity index is 1.79. The minimum absolute atomic E-state index is 0.454. The summed E-state index contributed by atoms with van der Waals surface area (Å²) in [5.74, 6) is 1.51. The molecule has 0 amide bonds. The molecule has 4 heteroatoms. The summed E-state index contributed by atoms with van der Waals surface area (Å²) in [7, 11) is 1.62. The molecule has 1 aromatic heterocycles. The van der Waals surface area contributed by atoms with Crippen LogP contribution in [0.15, 0.2) is 36.5 Å². The Kier molecular flexibility index (Phi) is 3.72. The van der Waals surface area contributed by atoms with Crippen LogP contribution in [0.3, 0.4) is 0 Å². The topological polar surface area (TPSA) is 43.4 Å². The van der Waals surface area contributed by atoms with E-state index in [1.807, 2.05) is 24.3 Å². The van der Waals surface area contributed by atoms with Crippen LogP contribution in [0.5, 0.6) is 11.6 Å². The lowest BCUT2D eigenvalue weighted by Crippen LogP contribution is -2.13. The monoisotopic (exact) mass is 270 g/mol. The molecule has 3 rings (SSSR count). The number of nitrogens with one attached hydrogen (secondary N) is 1. The third-order valence-corrected chi connectivity index (χ3v) is 3.46. The maximum atomic E-state index is 5.95. The Hall–Kier alpha value is -2.23. The predicted octanol–water partition coefficient (Wildman–Crippen LogP) is 3.03. The van der Waals surface area contributed by atoms with Gasteiger partial charge in [-0.15, -0.1) is 0 Å². The molecule has 0 spiro atoms. The van der Waals surface area contributed by atoms with Gasteiger partial charge in [0.15, 0.2) is 0 Å². The number of fused-ring (bicyclic) bond motifs is 1. The van der Waals surface area contributed by atoms with E-state index in [-0.39, 0.29) is 0 Å². The number of pyridine rings is 1. The van der Waals surface area contributed by atoms with E-state index >= 15 is 0 Å². The van der Waals surface area contributed by atoms with Gasteiger partial charge < -0.3 is 14.8 Å². The second-order valence-corrected chi connectivity index (χ2v) is 4.78. The highest BCUT2D eigenvalue weighted by Crippen LogP contribution is 2.32. The van der Waals surface area contributed by atoms with Gasteiger partial charge in [0.05, 0.1) is 18.4 Å². The molecule has 2 heterocycles. The number of aromatic nitrogens is 1. The lowest BCUT2D eigenvalue weighted by molar-refractivity contribution is 0.294. The van der Waals surface area contributed by atoms with Gasteiger partial charge in [0.1, 0.15) is 12.4 Å². The Labute approximate surface area is 118 Å². The first kappa shape index (κ1) is 12.8. The van der Waals surface area contributed by atoms with Crippen molar-refractivity contribution in [3.63, 3.8) is 0 Å². The van der Waals surface area contributed by atoms with Crippen molar-refractivity contribution < 1.29 is 9.47 Å². The highest BCUT2D eigenvalue weighted by molar-refractivity contribution is 5.63. The molecule has 0 bridgehead atoms. The third kappa shape index (κ3) is 2.54. The van der Waals surface area contributed by atoms with Gasteiger partial charge in [-0.3, -0.25) is 0 Å². The fraction of sp³-hybridized carbons (Fsp3) is 0.312. The van der Waals surface area contributed by atoms with Gasteiger partial charge in [0.25, 0.3) is 0 Å². The molecule has 4 nitrogen and oxygen atoms in total. The summed E-state index contributed by atoms with van der Waals surface area (Å²) in [5, 5.41) is 3.42. The normalized spacial score (nSPS) is 13.2. The standard InChI is InChI=1S/C16H18N2O2/c1-19-16-13(7-4-10-18-16)11-20-14-8-2-5-12-6-3-9-17-15(12)14/h2,4-5,7-8,10,17H,3,6,9,11H2,1H3. The van der Waals surface area contributed by atoms with Crippen LogP contribution >= 0.6 is 0 Å². The number of aryl methyl sites for hydroxylation is 1. The first-order chi connectivity index (χ1) is 9.88. The zero-order valence-electron chi connectivity index (χ0n) is 11.6. The molecule has 1 N–H and O–H groups in total. The molecular formula is C16H18N2O2. The molecule has 1 aromatic carbocycles. The molecule has 0 unspecified atom stereocenters. The van der Waals surface area contributed by atoms with Gasteiger partial charge in [-0.05, 0) is 36.6 Å². The first-order valence-electron chi connectivity index (χ1n) is 6.85. The van der Waals surface area contributed by atoms with E-state index in [1.165, 1.54) is 12.0 Å². The zero-order valence-corrected chi connectivity index (χ0v) is 11.6. The van der Waals surface area contributed by atoms with E-state index in [4.69, 9.17) is 9.47 Å². The fourth-order valence-corrected chi connectivity index (χ4v) is 2.47. The maximum absolute atomic E-state index is 5.95. The number of methoxy groups -OCH3 is 1. The average molecular weight is 270 g/mol. The second kappa shape index (κ2) is 5.82. The van der Waals surface area contributed by atoms with Crippen molar-refractivity contribution in [2.75, 3.05) is 19.0 Å². The maximum Gasteiger partial charge on any atom is 0.219 e. The molecule has 20 heavy (non-hydrogen) atoms. The van der Waals surface area contributed by atoms with Crippen LogP contribution in [0.25, 0.3) is 0 Å². The summed E-state index contributed by atoms with van der Waals surface area (Å²) in [5.41, 5.74) is 3.40. The minimum atomic E-state index is 0.454. The van der Waals surface area contributed by atoms with E-state index in [2.05, 4.69) is 16.4 Å².